The minimum absolute atomic E-state index is 0.991. The molecule has 0 atom stereocenters. The van der Waals surface area contributed by atoms with Crippen molar-refractivity contribution in [2.75, 3.05) is 33.2 Å². The topological polar surface area (TPSA) is 15.3 Å². The lowest BCUT2D eigenvalue weighted by Gasteiger charge is -2.25. The molecule has 17 heavy (non-hydrogen) atoms. The van der Waals surface area contributed by atoms with Crippen molar-refractivity contribution in [3.05, 3.63) is 0 Å². The Hall–Kier alpha value is -0.0800. The van der Waals surface area contributed by atoms with Gasteiger partial charge in [-0.15, -0.1) is 0 Å². The lowest BCUT2D eigenvalue weighted by atomic mass is 9.94. The first kappa shape index (κ1) is 13.4. The van der Waals surface area contributed by atoms with Gasteiger partial charge < -0.3 is 10.2 Å². The van der Waals surface area contributed by atoms with Crippen molar-refractivity contribution in [2.24, 2.45) is 11.8 Å². The van der Waals surface area contributed by atoms with Gasteiger partial charge in [-0.3, -0.25) is 0 Å². The second-order valence-corrected chi connectivity index (χ2v) is 6.22. The van der Waals surface area contributed by atoms with Gasteiger partial charge in [-0.2, -0.15) is 0 Å². The van der Waals surface area contributed by atoms with E-state index >= 15 is 0 Å². The maximum absolute atomic E-state index is 3.45. The molecule has 100 valence electrons. The Morgan fingerprint density at radius 3 is 2.00 bits per heavy atom. The van der Waals surface area contributed by atoms with Crippen molar-refractivity contribution >= 4 is 0 Å². The molecule has 2 rings (SSSR count). The number of piperidine rings is 1. The van der Waals surface area contributed by atoms with Crippen molar-refractivity contribution in [2.45, 2.75) is 51.4 Å². The largest absolute Gasteiger partial charge is 0.317 e. The van der Waals surface area contributed by atoms with E-state index in [0.29, 0.717) is 0 Å². The average molecular weight is 238 g/mol. The molecule has 1 heterocycles. The molecular formula is C15H30N2. The summed E-state index contributed by atoms with van der Waals surface area (Å²) in [4.78, 5) is 2.57. The van der Waals surface area contributed by atoms with Crippen molar-refractivity contribution < 1.29 is 0 Å². The highest BCUT2D eigenvalue weighted by molar-refractivity contribution is 4.71. The summed E-state index contributed by atoms with van der Waals surface area (Å²) in [5.41, 5.74) is 0. The third-order valence-corrected chi connectivity index (χ3v) is 4.77. The van der Waals surface area contributed by atoms with Crippen molar-refractivity contribution in [1.82, 2.24) is 10.2 Å². The number of nitrogens with zero attached hydrogens (tertiary/aromatic N) is 1. The number of hydrogen-bond donors (Lipinski definition) is 1. The molecular weight excluding hydrogens is 208 g/mol. The molecule has 0 aromatic heterocycles. The molecule has 1 saturated carbocycles. The minimum atomic E-state index is 0.991. The van der Waals surface area contributed by atoms with E-state index in [2.05, 4.69) is 17.3 Å². The highest BCUT2D eigenvalue weighted by Gasteiger charge is 2.16. The van der Waals surface area contributed by atoms with Gasteiger partial charge in [0.15, 0.2) is 0 Å². The van der Waals surface area contributed by atoms with Crippen LogP contribution in [-0.4, -0.2) is 38.1 Å². The number of hydrogen-bond acceptors (Lipinski definition) is 2. The third kappa shape index (κ3) is 4.97. The van der Waals surface area contributed by atoms with Crippen molar-refractivity contribution in [1.29, 1.82) is 0 Å². The van der Waals surface area contributed by atoms with E-state index in [0.717, 1.165) is 11.8 Å². The van der Waals surface area contributed by atoms with E-state index in [1.54, 1.807) is 0 Å². The van der Waals surface area contributed by atoms with Crippen LogP contribution in [-0.2, 0) is 0 Å². The standard InChI is InChI=1S/C15H30N2/c1-17(12-8-14-4-2-3-5-14)13-9-15-6-10-16-11-7-15/h14-16H,2-13H2,1H3. The van der Waals surface area contributed by atoms with Crippen LogP contribution in [0.25, 0.3) is 0 Å². The molecule has 0 unspecified atom stereocenters. The first-order valence-electron chi connectivity index (χ1n) is 7.74. The summed E-state index contributed by atoms with van der Waals surface area (Å²) >= 11 is 0. The lowest BCUT2D eigenvalue weighted by molar-refractivity contribution is 0.256. The molecule has 1 saturated heterocycles. The summed E-state index contributed by atoms with van der Waals surface area (Å²) in [5.74, 6) is 2.04. The smallest absolute Gasteiger partial charge is 0.00191 e. The monoisotopic (exact) mass is 238 g/mol. The molecule has 0 radical (unpaired) electrons. The minimum Gasteiger partial charge on any atom is -0.317 e. The third-order valence-electron chi connectivity index (χ3n) is 4.77. The van der Waals surface area contributed by atoms with Crippen molar-refractivity contribution in [3.8, 4) is 0 Å². The average Bonchev–Trinajstić information content (AvgIpc) is 2.88. The van der Waals surface area contributed by atoms with Crippen LogP contribution in [0.5, 0.6) is 0 Å². The van der Waals surface area contributed by atoms with Crippen LogP contribution >= 0.6 is 0 Å². The number of rotatable bonds is 6. The number of nitrogens with one attached hydrogen (secondary N) is 1. The normalized spacial score (nSPS) is 23.6. The summed E-state index contributed by atoms with van der Waals surface area (Å²) in [6, 6.07) is 0. The molecule has 1 aliphatic carbocycles. The van der Waals surface area contributed by atoms with Gasteiger partial charge >= 0.3 is 0 Å². The Bertz CT molecular complexity index is 193. The van der Waals surface area contributed by atoms with E-state index in [4.69, 9.17) is 0 Å². The van der Waals surface area contributed by atoms with Crippen LogP contribution < -0.4 is 5.32 Å². The zero-order valence-corrected chi connectivity index (χ0v) is 11.6. The zero-order chi connectivity index (χ0) is 11.9. The molecule has 1 aliphatic heterocycles. The Labute approximate surface area is 107 Å². The molecule has 0 aromatic carbocycles. The van der Waals surface area contributed by atoms with E-state index in [1.807, 2.05) is 0 Å². The van der Waals surface area contributed by atoms with Crippen LogP contribution in [0.3, 0.4) is 0 Å². The van der Waals surface area contributed by atoms with Gasteiger partial charge in [-0.05, 0) is 70.7 Å². The highest BCUT2D eigenvalue weighted by atomic mass is 15.1. The Kier molecular flexibility index (Phi) is 5.79. The first-order valence-corrected chi connectivity index (χ1v) is 7.74. The fourth-order valence-corrected chi connectivity index (χ4v) is 3.39. The SMILES string of the molecule is CN(CCC1CCCC1)CCC1CCNCC1. The highest BCUT2D eigenvalue weighted by Crippen LogP contribution is 2.27. The fraction of sp³-hybridized carbons (Fsp3) is 1.00. The van der Waals surface area contributed by atoms with E-state index in [-0.39, 0.29) is 0 Å². The van der Waals surface area contributed by atoms with Crippen LogP contribution in [0, 0.1) is 11.8 Å². The molecule has 0 aromatic rings. The van der Waals surface area contributed by atoms with Gasteiger partial charge in [-0.25, -0.2) is 0 Å². The summed E-state index contributed by atoms with van der Waals surface area (Å²) < 4.78 is 0. The van der Waals surface area contributed by atoms with Gasteiger partial charge in [0, 0.05) is 0 Å². The van der Waals surface area contributed by atoms with E-state index < -0.39 is 0 Å². The summed E-state index contributed by atoms with van der Waals surface area (Å²) in [7, 11) is 2.32. The Morgan fingerprint density at radius 2 is 1.41 bits per heavy atom. The maximum atomic E-state index is 3.45. The maximum Gasteiger partial charge on any atom is -0.00191 e. The Balaban J connectivity index is 1.52. The molecule has 2 aliphatic rings. The van der Waals surface area contributed by atoms with Gasteiger partial charge in [0.05, 0.1) is 0 Å². The summed E-state index contributed by atoms with van der Waals surface area (Å²) in [6.45, 7) is 5.14. The van der Waals surface area contributed by atoms with Gasteiger partial charge in [-0.1, -0.05) is 25.7 Å². The second-order valence-electron chi connectivity index (χ2n) is 6.22. The zero-order valence-electron chi connectivity index (χ0n) is 11.6. The summed E-state index contributed by atoms with van der Waals surface area (Å²) in [5, 5.41) is 3.45. The second kappa shape index (κ2) is 7.38. The van der Waals surface area contributed by atoms with Crippen LogP contribution in [0.15, 0.2) is 0 Å². The lowest BCUT2D eigenvalue weighted by Crippen LogP contribution is -2.30. The van der Waals surface area contributed by atoms with Crippen molar-refractivity contribution in [3.63, 3.8) is 0 Å². The molecule has 0 spiro atoms. The van der Waals surface area contributed by atoms with Gasteiger partial charge in [0.25, 0.3) is 0 Å². The van der Waals surface area contributed by atoms with Gasteiger partial charge in [0.2, 0.25) is 0 Å². The summed E-state index contributed by atoms with van der Waals surface area (Å²) in [6.07, 6.45) is 11.6. The molecule has 2 nitrogen and oxygen atoms in total. The predicted molar refractivity (Wildman–Crippen MR) is 74.3 cm³/mol. The van der Waals surface area contributed by atoms with Crippen LogP contribution in [0.2, 0.25) is 0 Å². The molecule has 0 bridgehead atoms. The molecule has 2 fully saturated rings. The Morgan fingerprint density at radius 1 is 0.882 bits per heavy atom. The predicted octanol–water partition coefficient (Wildman–Crippen LogP) is 2.89. The van der Waals surface area contributed by atoms with E-state index in [1.165, 1.54) is 77.5 Å². The quantitative estimate of drug-likeness (QED) is 0.765. The van der Waals surface area contributed by atoms with E-state index in [9.17, 15) is 0 Å². The van der Waals surface area contributed by atoms with Gasteiger partial charge in [0.1, 0.15) is 0 Å². The molecule has 0 amide bonds. The molecule has 2 heteroatoms. The van der Waals surface area contributed by atoms with Crippen LogP contribution in [0.4, 0.5) is 0 Å². The van der Waals surface area contributed by atoms with Crippen LogP contribution in [0.1, 0.15) is 51.4 Å². The molecule has 1 N–H and O–H groups in total. The first-order chi connectivity index (χ1) is 8.34. The fourth-order valence-electron chi connectivity index (χ4n) is 3.39.